The van der Waals surface area contributed by atoms with Crippen molar-refractivity contribution in [3.8, 4) is 0 Å². The highest BCUT2D eigenvalue weighted by molar-refractivity contribution is 5.75. The second kappa shape index (κ2) is 6.42. The highest BCUT2D eigenvalue weighted by atomic mass is 16.4. The van der Waals surface area contributed by atoms with E-state index in [1.165, 1.54) is 0 Å². The van der Waals surface area contributed by atoms with Crippen molar-refractivity contribution in [1.29, 1.82) is 0 Å². The van der Waals surface area contributed by atoms with Crippen molar-refractivity contribution < 1.29 is 14.7 Å². The zero-order valence-electron chi connectivity index (χ0n) is 11.2. The molecule has 1 N–H and O–H groups in total. The maximum atomic E-state index is 12.2. The van der Waals surface area contributed by atoms with Gasteiger partial charge in [-0.25, -0.2) is 4.79 Å². The molecule has 18 heavy (non-hydrogen) atoms. The summed E-state index contributed by atoms with van der Waals surface area (Å²) < 4.78 is 0. The molecule has 0 aromatic carbocycles. The number of carbonyl (C=O) groups excluding carboxylic acids is 1. The van der Waals surface area contributed by atoms with Crippen LogP contribution in [0.4, 0.5) is 4.79 Å². The summed E-state index contributed by atoms with van der Waals surface area (Å²) in [7, 11) is 0. The summed E-state index contributed by atoms with van der Waals surface area (Å²) in [6.07, 6.45) is 1.09. The number of carboxylic acids is 1. The highest BCUT2D eigenvalue weighted by Crippen LogP contribution is 2.18. The van der Waals surface area contributed by atoms with E-state index in [1.807, 2.05) is 13.8 Å². The highest BCUT2D eigenvalue weighted by Gasteiger charge is 2.28. The van der Waals surface area contributed by atoms with Crippen LogP contribution >= 0.6 is 0 Å². The van der Waals surface area contributed by atoms with E-state index in [4.69, 9.17) is 5.11 Å². The van der Waals surface area contributed by atoms with E-state index in [-0.39, 0.29) is 11.9 Å². The lowest BCUT2D eigenvalue weighted by atomic mass is 9.97. The van der Waals surface area contributed by atoms with Gasteiger partial charge < -0.3 is 14.9 Å². The lowest BCUT2D eigenvalue weighted by molar-refractivity contribution is -0.143. The monoisotopic (exact) mass is 254 g/mol. The summed E-state index contributed by atoms with van der Waals surface area (Å²) in [6, 6.07) is -0.00987. The molecule has 0 aromatic heterocycles. The third-order valence-corrected chi connectivity index (χ3v) is 3.23. The van der Waals surface area contributed by atoms with E-state index in [2.05, 4.69) is 6.58 Å². The van der Waals surface area contributed by atoms with Crippen molar-refractivity contribution in [2.24, 2.45) is 5.92 Å². The largest absolute Gasteiger partial charge is 0.481 e. The SMILES string of the molecule is C=C(C)CN(CC)C(=O)N1CCC(C(=O)O)CC1. The van der Waals surface area contributed by atoms with Crippen molar-refractivity contribution >= 4 is 12.0 Å². The summed E-state index contributed by atoms with van der Waals surface area (Å²) >= 11 is 0. The summed E-state index contributed by atoms with van der Waals surface area (Å²) in [4.78, 5) is 26.5. The second-order valence-electron chi connectivity index (χ2n) is 4.85. The normalized spacial score (nSPS) is 16.4. The van der Waals surface area contributed by atoms with Crippen LogP contribution in [0.25, 0.3) is 0 Å². The molecule has 0 spiro atoms. The Hall–Kier alpha value is -1.52. The van der Waals surface area contributed by atoms with E-state index in [0.29, 0.717) is 39.0 Å². The van der Waals surface area contributed by atoms with Gasteiger partial charge in [0.25, 0.3) is 0 Å². The summed E-state index contributed by atoms with van der Waals surface area (Å²) in [5.41, 5.74) is 0.950. The Labute approximate surface area is 108 Å². The number of piperidine rings is 1. The minimum atomic E-state index is -0.753. The zero-order chi connectivity index (χ0) is 13.7. The summed E-state index contributed by atoms with van der Waals surface area (Å²) in [5.74, 6) is -1.05. The number of carboxylic acid groups (broad SMARTS) is 1. The van der Waals surface area contributed by atoms with Gasteiger partial charge in [-0.15, -0.1) is 0 Å². The molecular weight excluding hydrogens is 232 g/mol. The number of likely N-dealkylation sites (N-methyl/N-ethyl adjacent to an activating group) is 1. The van der Waals surface area contributed by atoms with Crippen molar-refractivity contribution in [2.75, 3.05) is 26.2 Å². The van der Waals surface area contributed by atoms with Crippen LogP contribution in [0.15, 0.2) is 12.2 Å². The zero-order valence-corrected chi connectivity index (χ0v) is 11.2. The number of hydrogen-bond donors (Lipinski definition) is 1. The molecule has 1 rings (SSSR count). The van der Waals surface area contributed by atoms with Gasteiger partial charge >= 0.3 is 12.0 Å². The first kappa shape index (κ1) is 14.5. The van der Waals surface area contributed by atoms with Gasteiger partial charge in [-0.3, -0.25) is 4.79 Å². The number of nitrogens with zero attached hydrogens (tertiary/aromatic N) is 2. The second-order valence-corrected chi connectivity index (χ2v) is 4.85. The van der Waals surface area contributed by atoms with Gasteiger partial charge in [-0.05, 0) is 26.7 Å². The molecule has 0 bridgehead atoms. The molecule has 1 heterocycles. The third-order valence-electron chi connectivity index (χ3n) is 3.23. The summed E-state index contributed by atoms with van der Waals surface area (Å²) in [5, 5.41) is 8.91. The maximum absolute atomic E-state index is 12.2. The minimum absolute atomic E-state index is 0.00987. The first-order valence-electron chi connectivity index (χ1n) is 6.36. The number of carbonyl (C=O) groups is 2. The van der Waals surface area contributed by atoms with Crippen LogP contribution in [0.1, 0.15) is 26.7 Å². The smallest absolute Gasteiger partial charge is 0.320 e. The Kier molecular flexibility index (Phi) is 5.19. The quantitative estimate of drug-likeness (QED) is 0.778. The molecule has 0 atom stereocenters. The topological polar surface area (TPSA) is 60.9 Å². The fraction of sp³-hybridized carbons (Fsp3) is 0.692. The first-order chi connectivity index (χ1) is 8.45. The Morgan fingerprint density at radius 3 is 2.33 bits per heavy atom. The number of urea groups is 1. The fourth-order valence-corrected chi connectivity index (χ4v) is 2.16. The van der Waals surface area contributed by atoms with Crippen LogP contribution in [0.5, 0.6) is 0 Å². The molecule has 1 aliphatic heterocycles. The maximum Gasteiger partial charge on any atom is 0.320 e. The minimum Gasteiger partial charge on any atom is -0.481 e. The molecule has 2 amide bonds. The molecule has 5 heteroatoms. The molecule has 5 nitrogen and oxygen atoms in total. The van der Waals surface area contributed by atoms with E-state index >= 15 is 0 Å². The lowest BCUT2D eigenvalue weighted by Crippen LogP contribution is -2.47. The number of hydrogen-bond acceptors (Lipinski definition) is 2. The predicted molar refractivity (Wildman–Crippen MR) is 69.4 cm³/mol. The molecule has 102 valence electrons. The van der Waals surface area contributed by atoms with E-state index in [0.717, 1.165) is 5.57 Å². The Morgan fingerprint density at radius 1 is 1.39 bits per heavy atom. The van der Waals surface area contributed by atoms with Crippen molar-refractivity contribution in [3.63, 3.8) is 0 Å². The van der Waals surface area contributed by atoms with Crippen LogP contribution in [-0.4, -0.2) is 53.1 Å². The van der Waals surface area contributed by atoms with Crippen molar-refractivity contribution in [1.82, 2.24) is 9.80 Å². The van der Waals surface area contributed by atoms with Gasteiger partial charge in [-0.1, -0.05) is 12.2 Å². The number of aliphatic carboxylic acids is 1. The summed E-state index contributed by atoms with van der Waals surface area (Å²) in [6.45, 7) is 9.91. The first-order valence-corrected chi connectivity index (χ1v) is 6.36. The third kappa shape index (κ3) is 3.75. The van der Waals surface area contributed by atoms with Crippen LogP contribution in [0.3, 0.4) is 0 Å². The van der Waals surface area contributed by atoms with Crippen molar-refractivity contribution in [2.45, 2.75) is 26.7 Å². The van der Waals surface area contributed by atoms with Crippen LogP contribution in [-0.2, 0) is 4.79 Å². The van der Waals surface area contributed by atoms with Gasteiger partial charge in [0.05, 0.1) is 5.92 Å². The van der Waals surface area contributed by atoms with Gasteiger partial charge in [0, 0.05) is 26.2 Å². The predicted octanol–water partition coefficient (Wildman–Crippen LogP) is 1.80. The molecule has 1 aliphatic rings. The Balaban J connectivity index is 2.52. The molecule has 0 aliphatic carbocycles. The number of amides is 2. The molecule has 0 aromatic rings. The van der Waals surface area contributed by atoms with Crippen LogP contribution in [0.2, 0.25) is 0 Å². The number of rotatable bonds is 4. The van der Waals surface area contributed by atoms with Crippen molar-refractivity contribution in [3.05, 3.63) is 12.2 Å². The van der Waals surface area contributed by atoms with Gasteiger partial charge in [-0.2, -0.15) is 0 Å². The average molecular weight is 254 g/mol. The molecule has 0 unspecified atom stereocenters. The molecule has 0 radical (unpaired) electrons. The number of likely N-dealkylation sites (tertiary alicyclic amines) is 1. The Morgan fingerprint density at radius 2 is 1.94 bits per heavy atom. The van der Waals surface area contributed by atoms with E-state index in [1.54, 1.807) is 9.80 Å². The fourth-order valence-electron chi connectivity index (χ4n) is 2.16. The van der Waals surface area contributed by atoms with E-state index in [9.17, 15) is 9.59 Å². The Bertz CT molecular complexity index is 333. The van der Waals surface area contributed by atoms with Crippen LogP contribution < -0.4 is 0 Å². The average Bonchev–Trinajstić information content (AvgIpc) is 2.35. The van der Waals surface area contributed by atoms with Gasteiger partial charge in [0.2, 0.25) is 0 Å². The molecule has 1 saturated heterocycles. The van der Waals surface area contributed by atoms with Crippen LogP contribution in [0, 0.1) is 5.92 Å². The van der Waals surface area contributed by atoms with Gasteiger partial charge in [0.1, 0.15) is 0 Å². The standard InChI is InChI=1S/C13H22N2O3/c1-4-14(9-10(2)3)13(18)15-7-5-11(6-8-15)12(16)17/h11H,2,4-9H2,1,3H3,(H,16,17). The molecule has 0 saturated carbocycles. The lowest BCUT2D eigenvalue weighted by Gasteiger charge is -2.34. The molecule has 1 fully saturated rings. The van der Waals surface area contributed by atoms with E-state index < -0.39 is 5.97 Å². The molecular formula is C13H22N2O3. The van der Waals surface area contributed by atoms with Gasteiger partial charge in [0.15, 0.2) is 0 Å².